The lowest BCUT2D eigenvalue weighted by molar-refractivity contribution is 0.306. The van der Waals surface area contributed by atoms with Crippen LogP contribution in [0.2, 0.25) is 0 Å². The van der Waals surface area contributed by atoms with Gasteiger partial charge in [0.15, 0.2) is 0 Å². The monoisotopic (exact) mass is 459 g/mol. The van der Waals surface area contributed by atoms with Gasteiger partial charge in [0.25, 0.3) is 0 Å². The normalized spacial score (nSPS) is 10.0. The van der Waals surface area contributed by atoms with Gasteiger partial charge < -0.3 is 20.1 Å². The molecule has 1 aromatic carbocycles. The van der Waals surface area contributed by atoms with E-state index in [-0.39, 0.29) is 5.75 Å². The molecule has 7 heteroatoms. The third-order valence-electron chi connectivity index (χ3n) is 4.02. The number of likely N-dealkylation sites (N-methyl/N-ethyl adjacent to an activating group) is 1. The zero-order valence-electron chi connectivity index (χ0n) is 21.7. The minimum atomic E-state index is 0.221. The van der Waals surface area contributed by atoms with Crippen molar-refractivity contribution in [2.75, 3.05) is 43.6 Å². The number of hydrogen-bond acceptors (Lipinski definition) is 7. The molecule has 3 N–H and O–H groups in total. The number of hydrogen-bond donors (Lipinski definition) is 3. The number of nitrogens with one attached hydrogen (secondary N) is 2. The fourth-order valence-electron chi connectivity index (χ4n) is 2.71. The van der Waals surface area contributed by atoms with Gasteiger partial charge >= 0.3 is 0 Å². The summed E-state index contributed by atoms with van der Waals surface area (Å²) in [6.07, 6.45) is 5.07. The largest absolute Gasteiger partial charge is 0.508 e. The number of hydrazone groups is 1. The van der Waals surface area contributed by atoms with Crippen molar-refractivity contribution in [3.8, 4) is 11.6 Å². The second kappa shape index (κ2) is 19.9. The van der Waals surface area contributed by atoms with Gasteiger partial charge in [-0.15, -0.1) is 0 Å². The third-order valence-corrected chi connectivity index (χ3v) is 4.02. The van der Waals surface area contributed by atoms with Crippen molar-refractivity contribution in [3.63, 3.8) is 0 Å². The minimum absolute atomic E-state index is 0.221. The van der Waals surface area contributed by atoms with Gasteiger partial charge in [0.05, 0.1) is 17.6 Å². The van der Waals surface area contributed by atoms with Crippen LogP contribution in [0, 0.1) is 0 Å². The zero-order valence-corrected chi connectivity index (χ0v) is 21.7. The lowest BCUT2D eigenvalue weighted by Crippen LogP contribution is -2.25. The van der Waals surface area contributed by atoms with E-state index in [1.807, 2.05) is 33.0 Å². The van der Waals surface area contributed by atoms with Gasteiger partial charge in [0.1, 0.15) is 12.4 Å². The van der Waals surface area contributed by atoms with Gasteiger partial charge in [-0.1, -0.05) is 48.0 Å². The van der Waals surface area contributed by atoms with E-state index in [1.54, 1.807) is 30.5 Å². The van der Waals surface area contributed by atoms with Crippen LogP contribution < -0.4 is 20.4 Å². The van der Waals surface area contributed by atoms with Gasteiger partial charge in [-0.2, -0.15) is 5.10 Å². The minimum Gasteiger partial charge on any atom is -0.508 e. The molecule has 0 amide bonds. The Labute approximate surface area is 201 Å². The molecule has 0 aliphatic rings. The molecule has 0 unspecified atom stereocenters. The van der Waals surface area contributed by atoms with Gasteiger partial charge in [0.2, 0.25) is 5.88 Å². The highest BCUT2D eigenvalue weighted by atomic mass is 16.5. The first-order valence-corrected chi connectivity index (χ1v) is 12.2. The number of rotatable bonds is 12. The molecule has 0 fully saturated rings. The summed E-state index contributed by atoms with van der Waals surface area (Å²) in [6, 6.07) is 10.7. The van der Waals surface area contributed by atoms with E-state index in [0.717, 1.165) is 49.5 Å². The molecule has 0 radical (unpaired) electrons. The molecule has 0 aliphatic heterocycles. The Hall–Kier alpha value is -2.80. The SMILES string of the molecule is CC.CCC.CCCN(CCC)c1cc(/C=N/Nc2ccc(O)cc2)nc(OCCNC)c1. The van der Waals surface area contributed by atoms with Crippen LogP contribution >= 0.6 is 0 Å². The smallest absolute Gasteiger partial charge is 0.215 e. The fraction of sp³-hybridized carbons (Fsp3) is 0.538. The van der Waals surface area contributed by atoms with Crippen LogP contribution in [0.15, 0.2) is 41.5 Å². The average Bonchev–Trinajstić information content (AvgIpc) is 2.82. The molecule has 0 atom stereocenters. The molecule has 0 bridgehead atoms. The van der Waals surface area contributed by atoms with Gasteiger partial charge in [-0.05, 0) is 50.2 Å². The summed E-state index contributed by atoms with van der Waals surface area (Å²) >= 11 is 0. The fourth-order valence-corrected chi connectivity index (χ4v) is 2.71. The quantitative estimate of drug-likeness (QED) is 0.159. The maximum Gasteiger partial charge on any atom is 0.215 e. The number of aromatic nitrogens is 1. The van der Waals surface area contributed by atoms with Crippen molar-refractivity contribution in [2.45, 2.75) is 60.8 Å². The highest BCUT2D eigenvalue weighted by molar-refractivity contribution is 5.80. The molecule has 2 aromatic rings. The second-order valence-electron chi connectivity index (χ2n) is 7.15. The Bertz CT molecular complexity index is 745. The van der Waals surface area contributed by atoms with E-state index in [0.29, 0.717) is 12.5 Å². The van der Waals surface area contributed by atoms with Crippen molar-refractivity contribution in [2.24, 2.45) is 5.10 Å². The summed E-state index contributed by atoms with van der Waals surface area (Å²) in [4.78, 5) is 6.89. The number of phenols is 1. The second-order valence-corrected chi connectivity index (χ2v) is 7.15. The first-order valence-electron chi connectivity index (χ1n) is 12.2. The number of nitrogens with zero attached hydrogens (tertiary/aromatic N) is 3. The lowest BCUT2D eigenvalue weighted by atomic mass is 10.2. The number of anilines is 2. The number of benzene rings is 1. The molecular weight excluding hydrogens is 414 g/mol. The molecular formula is C26H45N5O2. The molecule has 0 aliphatic carbocycles. The van der Waals surface area contributed by atoms with Crippen molar-refractivity contribution in [1.82, 2.24) is 10.3 Å². The van der Waals surface area contributed by atoms with E-state index in [9.17, 15) is 5.11 Å². The maximum atomic E-state index is 9.35. The number of phenolic OH excluding ortho intramolecular Hbond substituents is 1. The highest BCUT2D eigenvalue weighted by Crippen LogP contribution is 2.22. The standard InChI is InChI=1S/C21H31N5O2.C3H8.C2H6/c1-4-11-26(12-5-2)19-14-18(24-21(15-19)28-13-10-22-3)16-23-25-17-6-8-20(27)9-7-17;1-3-2;1-2/h6-9,14-16,22,25,27H,4-5,10-13H2,1-3H3;3H2,1-2H3;1-2H3/b23-16+;;. The van der Waals surface area contributed by atoms with Crippen LogP contribution in [-0.4, -0.2) is 49.6 Å². The Morgan fingerprint density at radius 3 is 2.18 bits per heavy atom. The average molecular weight is 460 g/mol. The van der Waals surface area contributed by atoms with Crippen LogP contribution in [0.5, 0.6) is 11.6 Å². The van der Waals surface area contributed by atoms with Crippen molar-refractivity contribution in [3.05, 3.63) is 42.1 Å². The predicted molar refractivity (Wildman–Crippen MR) is 143 cm³/mol. The van der Waals surface area contributed by atoms with Crippen molar-refractivity contribution < 1.29 is 9.84 Å². The van der Waals surface area contributed by atoms with Gasteiger partial charge in [-0.25, -0.2) is 4.98 Å². The first-order chi connectivity index (χ1) is 16.1. The summed E-state index contributed by atoms with van der Waals surface area (Å²) in [5.41, 5.74) is 5.54. The molecule has 186 valence electrons. The summed E-state index contributed by atoms with van der Waals surface area (Å²) in [5, 5.41) is 16.7. The molecule has 33 heavy (non-hydrogen) atoms. The van der Waals surface area contributed by atoms with E-state index in [2.05, 4.69) is 53.4 Å². The van der Waals surface area contributed by atoms with Crippen LogP contribution in [-0.2, 0) is 0 Å². The zero-order chi connectivity index (χ0) is 24.9. The predicted octanol–water partition coefficient (Wildman–Crippen LogP) is 5.90. The summed E-state index contributed by atoms with van der Waals surface area (Å²) in [7, 11) is 1.89. The molecule has 2 rings (SSSR count). The van der Waals surface area contributed by atoms with Crippen LogP contribution in [0.25, 0.3) is 0 Å². The Morgan fingerprint density at radius 2 is 1.64 bits per heavy atom. The van der Waals surface area contributed by atoms with E-state index < -0.39 is 0 Å². The molecule has 0 saturated carbocycles. The number of aromatic hydroxyl groups is 1. The van der Waals surface area contributed by atoms with E-state index >= 15 is 0 Å². The summed E-state index contributed by atoms with van der Waals surface area (Å²) in [5.74, 6) is 0.815. The van der Waals surface area contributed by atoms with E-state index in [1.165, 1.54) is 6.42 Å². The molecule has 0 spiro atoms. The summed E-state index contributed by atoms with van der Waals surface area (Å²) in [6.45, 7) is 15.9. The van der Waals surface area contributed by atoms with Crippen molar-refractivity contribution in [1.29, 1.82) is 0 Å². The summed E-state index contributed by atoms with van der Waals surface area (Å²) < 4.78 is 5.80. The highest BCUT2D eigenvalue weighted by Gasteiger charge is 2.09. The maximum absolute atomic E-state index is 9.35. The Balaban J connectivity index is 0.00000189. The van der Waals surface area contributed by atoms with Crippen LogP contribution in [0.3, 0.4) is 0 Å². The van der Waals surface area contributed by atoms with Gasteiger partial charge in [0, 0.05) is 31.4 Å². The van der Waals surface area contributed by atoms with Crippen LogP contribution in [0.1, 0.15) is 66.5 Å². The Kier molecular flexibility index (Phi) is 18.2. The molecule has 1 aromatic heterocycles. The van der Waals surface area contributed by atoms with Crippen molar-refractivity contribution >= 4 is 17.6 Å². The first kappa shape index (κ1) is 30.2. The molecule has 7 nitrogen and oxygen atoms in total. The number of ether oxygens (including phenoxy) is 1. The number of pyridine rings is 1. The van der Waals surface area contributed by atoms with Crippen LogP contribution in [0.4, 0.5) is 11.4 Å². The lowest BCUT2D eigenvalue weighted by Gasteiger charge is -2.24. The Morgan fingerprint density at radius 1 is 1.03 bits per heavy atom. The van der Waals surface area contributed by atoms with E-state index in [4.69, 9.17) is 4.74 Å². The van der Waals surface area contributed by atoms with Gasteiger partial charge in [-0.3, -0.25) is 5.43 Å². The molecule has 1 heterocycles. The third kappa shape index (κ3) is 13.4. The molecule has 0 saturated heterocycles. The topological polar surface area (TPSA) is 82.0 Å².